The molecule has 3 heteroatoms. The van der Waals surface area contributed by atoms with Crippen molar-refractivity contribution in [2.45, 2.75) is 40.5 Å². The Labute approximate surface area is 121 Å². The van der Waals surface area contributed by atoms with Gasteiger partial charge in [-0.1, -0.05) is 13.0 Å². The third kappa shape index (κ3) is 2.92. The molecule has 1 aliphatic heterocycles. The molecule has 108 valence electrons. The molecule has 0 bridgehead atoms. The fraction of sp³-hybridized carbons (Fsp3) is 0.529. The van der Waals surface area contributed by atoms with Crippen molar-refractivity contribution in [3.63, 3.8) is 0 Å². The number of likely N-dealkylation sites (tertiary alicyclic amines) is 1. The maximum absolute atomic E-state index is 12.5. The van der Waals surface area contributed by atoms with E-state index in [1.807, 2.05) is 39.8 Å². The van der Waals surface area contributed by atoms with Gasteiger partial charge in [0.2, 0.25) is 5.91 Å². The second kappa shape index (κ2) is 5.78. The van der Waals surface area contributed by atoms with Gasteiger partial charge < -0.3 is 4.90 Å². The first-order valence-electron chi connectivity index (χ1n) is 7.30. The molecule has 1 heterocycles. The smallest absolute Gasteiger partial charge is 0.225 e. The van der Waals surface area contributed by atoms with Gasteiger partial charge in [-0.05, 0) is 56.4 Å². The van der Waals surface area contributed by atoms with E-state index in [4.69, 9.17) is 0 Å². The van der Waals surface area contributed by atoms with Gasteiger partial charge >= 0.3 is 0 Å². The lowest BCUT2D eigenvalue weighted by Gasteiger charge is -2.30. The van der Waals surface area contributed by atoms with Crippen LogP contribution in [0, 0.1) is 26.7 Å². The average Bonchev–Trinajstić information content (AvgIpc) is 2.39. The lowest BCUT2D eigenvalue weighted by molar-refractivity contribution is -0.137. The molecule has 1 unspecified atom stereocenters. The zero-order valence-corrected chi connectivity index (χ0v) is 12.8. The highest BCUT2D eigenvalue weighted by atomic mass is 16.2. The third-order valence-electron chi connectivity index (χ3n) is 4.27. The van der Waals surface area contributed by atoms with E-state index in [9.17, 15) is 9.59 Å². The predicted molar refractivity (Wildman–Crippen MR) is 80.0 cm³/mol. The zero-order chi connectivity index (χ0) is 14.9. The van der Waals surface area contributed by atoms with Crippen molar-refractivity contribution < 1.29 is 9.59 Å². The van der Waals surface area contributed by atoms with Crippen molar-refractivity contribution in [1.29, 1.82) is 0 Å². The van der Waals surface area contributed by atoms with Crippen LogP contribution in [-0.2, 0) is 4.79 Å². The monoisotopic (exact) mass is 273 g/mol. The minimum atomic E-state index is 0.0491. The number of carbonyl (C=O) groups excluding carboxylic acids is 2. The van der Waals surface area contributed by atoms with E-state index in [2.05, 4.69) is 0 Å². The van der Waals surface area contributed by atoms with Crippen molar-refractivity contribution in [2.75, 3.05) is 13.1 Å². The minimum Gasteiger partial charge on any atom is -0.335 e. The van der Waals surface area contributed by atoms with Crippen molar-refractivity contribution in [1.82, 2.24) is 4.90 Å². The van der Waals surface area contributed by atoms with Gasteiger partial charge in [0, 0.05) is 18.0 Å². The molecule has 1 aliphatic rings. The van der Waals surface area contributed by atoms with Gasteiger partial charge in [0.25, 0.3) is 0 Å². The lowest BCUT2D eigenvalue weighted by atomic mass is 9.96. The number of benzene rings is 1. The number of piperidine rings is 1. The van der Waals surface area contributed by atoms with Crippen molar-refractivity contribution in [3.8, 4) is 0 Å². The number of amides is 1. The molecular formula is C17H23NO2. The largest absolute Gasteiger partial charge is 0.335 e. The Balaban J connectivity index is 2.16. The minimum absolute atomic E-state index is 0.0491. The van der Waals surface area contributed by atoms with Crippen LogP contribution in [0.1, 0.15) is 46.8 Å². The summed E-state index contributed by atoms with van der Waals surface area (Å²) in [6.07, 6.45) is 1.93. The van der Waals surface area contributed by atoms with E-state index in [1.54, 1.807) is 4.90 Å². The van der Waals surface area contributed by atoms with Crippen LogP contribution in [0.5, 0.6) is 0 Å². The molecule has 2 rings (SSSR count). The van der Waals surface area contributed by atoms with Gasteiger partial charge in [0.1, 0.15) is 0 Å². The van der Waals surface area contributed by atoms with Crippen LogP contribution in [0.2, 0.25) is 0 Å². The molecule has 1 fully saturated rings. The second-order valence-electron chi connectivity index (χ2n) is 5.98. The highest BCUT2D eigenvalue weighted by molar-refractivity contribution is 6.01. The third-order valence-corrected chi connectivity index (χ3v) is 4.27. The van der Waals surface area contributed by atoms with E-state index in [0.29, 0.717) is 6.54 Å². The number of hydrogen-bond donors (Lipinski definition) is 0. The fourth-order valence-corrected chi connectivity index (χ4v) is 2.81. The molecule has 1 atom stereocenters. The molecule has 1 aromatic carbocycles. The highest BCUT2D eigenvalue weighted by Gasteiger charge is 2.27. The van der Waals surface area contributed by atoms with E-state index in [-0.39, 0.29) is 24.2 Å². The van der Waals surface area contributed by atoms with Crippen LogP contribution in [-0.4, -0.2) is 29.7 Å². The van der Waals surface area contributed by atoms with E-state index < -0.39 is 0 Å². The fourth-order valence-electron chi connectivity index (χ4n) is 2.81. The summed E-state index contributed by atoms with van der Waals surface area (Å²) in [5.41, 5.74) is 4.06. The molecule has 20 heavy (non-hydrogen) atoms. The standard InChI is InChI=1S/C17H23NO2/c1-11-6-5-7-18(17(11)20)10-16(19)15-9-13(3)12(2)8-14(15)4/h8-9,11H,5-7,10H2,1-4H3. The molecule has 0 N–H and O–H groups in total. The molecule has 1 saturated heterocycles. The van der Waals surface area contributed by atoms with Gasteiger partial charge in [-0.15, -0.1) is 0 Å². The Morgan fingerprint density at radius 3 is 2.55 bits per heavy atom. The molecule has 0 spiro atoms. The first-order valence-corrected chi connectivity index (χ1v) is 7.30. The van der Waals surface area contributed by atoms with Crippen molar-refractivity contribution in [3.05, 3.63) is 34.4 Å². The maximum atomic E-state index is 12.5. The summed E-state index contributed by atoms with van der Waals surface area (Å²) in [7, 11) is 0. The first-order chi connectivity index (χ1) is 9.40. The Morgan fingerprint density at radius 2 is 1.85 bits per heavy atom. The Hall–Kier alpha value is -1.64. The van der Waals surface area contributed by atoms with E-state index in [0.717, 1.165) is 29.5 Å². The predicted octanol–water partition coefficient (Wildman–Crippen LogP) is 3.05. The molecule has 0 aliphatic carbocycles. The number of nitrogens with zero attached hydrogens (tertiary/aromatic N) is 1. The van der Waals surface area contributed by atoms with Crippen LogP contribution in [0.25, 0.3) is 0 Å². The van der Waals surface area contributed by atoms with Crippen LogP contribution < -0.4 is 0 Å². The average molecular weight is 273 g/mol. The highest BCUT2D eigenvalue weighted by Crippen LogP contribution is 2.20. The summed E-state index contributed by atoms with van der Waals surface area (Å²) in [6.45, 7) is 8.89. The van der Waals surface area contributed by atoms with Crippen LogP contribution >= 0.6 is 0 Å². The maximum Gasteiger partial charge on any atom is 0.225 e. The topological polar surface area (TPSA) is 37.4 Å². The molecular weight excluding hydrogens is 250 g/mol. The zero-order valence-electron chi connectivity index (χ0n) is 12.8. The first kappa shape index (κ1) is 14.8. The molecule has 0 radical (unpaired) electrons. The summed E-state index contributed by atoms with van der Waals surface area (Å²) in [5, 5.41) is 0. The number of carbonyl (C=O) groups is 2. The SMILES string of the molecule is Cc1cc(C)c(C(=O)CN2CCCC(C)C2=O)cc1C. The quantitative estimate of drug-likeness (QED) is 0.794. The van der Waals surface area contributed by atoms with E-state index >= 15 is 0 Å². The molecule has 0 aromatic heterocycles. The summed E-state index contributed by atoms with van der Waals surface area (Å²) in [4.78, 5) is 26.2. The second-order valence-corrected chi connectivity index (χ2v) is 5.98. The summed E-state index contributed by atoms with van der Waals surface area (Å²) >= 11 is 0. The Kier molecular flexibility index (Phi) is 4.26. The van der Waals surface area contributed by atoms with E-state index in [1.165, 1.54) is 5.56 Å². The van der Waals surface area contributed by atoms with Gasteiger partial charge in [-0.3, -0.25) is 9.59 Å². The van der Waals surface area contributed by atoms with Gasteiger partial charge in [-0.2, -0.15) is 0 Å². The molecule has 1 aromatic rings. The normalized spacial score (nSPS) is 19.3. The summed E-state index contributed by atoms with van der Waals surface area (Å²) < 4.78 is 0. The van der Waals surface area contributed by atoms with Crippen molar-refractivity contribution in [2.24, 2.45) is 5.92 Å². The molecule has 0 saturated carbocycles. The number of ketones is 1. The van der Waals surface area contributed by atoms with Gasteiger partial charge in [-0.25, -0.2) is 0 Å². The number of rotatable bonds is 3. The number of Topliss-reactive ketones (excluding diaryl/α,β-unsaturated/α-hetero) is 1. The molecule has 3 nitrogen and oxygen atoms in total. The van der Waals surface area contributed by atoms with Gasteiger partial charge in [0.15, 0.2) is 5.78 Å². The summed E-state index contributed by atoms with van der Waals surface area (Å²) in [5.74, 6) is 0.219. The lowest BCUT2D eigenvalue weighted by Crippen LogP contribution is -2.43. The number of aryl methyl sites for hydroxylation is 3. The Bertz CT molecular complexity index is 548. The molecule has 1 amide bonds. The summed E-state index contributed by atoms with van der Waals surface area (Å²) in [6, 6.07) is 3.99. The van der Waals surface area contributed by atoms with Crippen LogP contribution in [0.15, 0.2) is 12.1 Å². The Morgan fingerprint density at radius 1 is 1.20 bits per heavy atom. The van der Waals surface area contributed by atoms with Gasteiger partial charge in [0.05, 0.1) is 6.54 Å². The van der Waals surface area contributed by atoms with Crippen LogP contribution in [0.3, 0.4) is 0 Å². The number of hydrogen-bond acceptors (Lipinski definition) is 2. The van der Waals surface area contributed by atoms with Crippen molar-refractivity contribution >= 4 is 11.7 Å². The van der Waals surface area contributed by atoms with Crippen LogP contribution in [0.4, 0.5) is 0 Å².